The fraction of sp³-hybridized carbons (Fsp3) is 0.615. The lowest BCUT2D eigenvalue weighted by Gasteiger charge is -2.13. The highest BCUT2D eigenvalue weighted by atomic mass is 32.2. The van der Waals surface area contributed by atoms with Gasteiger partial charge in [0.1, 0.15) is 6.04 Å². The van der Waals surface area contributed by atoms with Gasteiger partial charge in [-0.2, -0.15) is 11.8 Å². The van der Waals surface area contributed by atoms with Crippen LogP contribution in [0.4, 0.5) is 0 Å². The molecule has 7 heteroatoms. The van der Waals surface area contributed by atoms with Crippen molar-refractivity contribution in [1.29, 1.82) is 0 Å². The molecule has 1 atom stereocenters. The largest absolute Gasteiger partial charge is 0.480 e. The normalized spacial score (nSPS) is 12.1. The number of imidazole rings is 1. The first-order valence-electron chi connectivity index (χ1n) is 6.61. The van der Waals surface area contributed by atoms with Gasteiger partial charge < -0.3 is 15.0 Å². The Balaban J connectivity index is 2.34. The van der Waals surface area contributed by atoms with Gasteiger partial charge in [0.05, 0.1) is 6.33 Å². The van der Waals surface area contributed by atoms with Gasteiger partial charge in [0.2, 0.25) is 5.91 Å². The van der Waals surface area contributed by atoms with Gasteiger partial charge in [-0.3, -0.25) is 4.79 Å². The van der Waals surface area contributed by atoms with E-state index in [1.54, 1.807) is 11.8 Å². The number of rotatable bonds is 9. The van der Waals surface area contributed by atoms with Gasteiger partial charge in [-0.15, -0.1) is 0 Å². The zero-order valence-corrected chi connectivity index (χ0v) is 12.7. The van der Waals surface area contributed by atoms with Crippen LogP contribution < -0.4 is 5.32 Å². The zero-order valence-electron chi connectivity index (χ0n) is 11.8. The number of thioether (sulfide) groups is 1. The molecule has 0 aliphatic rings. The van der Waals surface area contributed by atoms with Crippen LogP contribution in [0.3, 0.4) is 0 Å². The molecule has 6 nitrogen and oxygen atoms in total. The minimum atomic E-state index is -0.989. The Labute approximate surface area is 123 Å². The summed E-state index contributed by atoms with van der Waals surface area (Å²) < 4.78 is 2.11. The predicted octanol–water partition coefficient (Wildman–Crippen LogP) is 1.51. The van der Waals surface area contributed by atoms with Crippen molar-refractivity contribution in [3.8, 4) is 0 Å². The zero-order chi connectivity index (χ0) is 15.0. The van der Waals surface area contributed by atoms with Crippen LogP contribution in [-0.4, -0.2) is 38.3 Å². The number of carboxylic acid groups (broad SMARTS) is 1. The lowest BCUT2D eigenvalue weighted by atomic mass is 10.2. The molecule has 1 aromatic heterocycles. The fourth-order valence-electron chi connectivity index (χ4n) is 1.79. The van der Waals surface area contributed by atoms with Crippen LogP contribution in [0.5, 0.6) is 0 Å². The molecule has 0 saturated heterocycles. The highest BCUT2D eigenvalue weighted by molar-refractivity contribution is 7.98. The number of carbonyl (C=O) groups is 2. The third kappa shape index (κ3) is 5.64. The molecule has 0 bridgehead atoms. The van der Waals surface area contributed by atoms with Crippen molar-refractivity contribution < 1.29 is 14.7 Å². The standard InChI is InChI=1S/C13H21N3O3S/c1-3-5-16-9-14-7-11(16)8-20-6-4-12(13(18)19)15-10(2)17/h7,9,12H,3-6,8H2,1-2H3,(H,15,17)(H,18,19). The first-order valence-corrected chi connectivity index (χ1v) is 7.76. The topological polar surface area (TPSA) is 84.2 Å². The summed E-state index contributed by atoms with van der Waals surface area (Å²) in [5.74, 6) is 0.168. The SMILES string of the molecule is CCCn1cncc1CSCCC(NC(C)=O)C(=O)O. The van der Waals surface area contributed by atoms with E-state index in [0.29, 0.717) is 12.2 Å². The van der Waals surface area contributed by atoms with Gasteiger partial charge >= 0.3 is 5.97 Å². The molecular weight excluding hydrogens is 278 g/mol. The lowest BCUT2D eigenvalue weighted by Crippen LogP contribution is -2.39. The number of nitrogens with zero attached hydrogens (tertiary/aromatic N) is 2. The monoisotopic (exact) mass is 299 g/mol. The molecule has 0 radical (unpaired) electrons. The average Bonchev–Trinajstić information content (AvgIpc) is 2.80. The second-order valence-corrected chi connectivity index (χ2v) is 5.62. The van der Waals surface area contributed by atoms with Crippen LogP contribution in [0.15, 0.2) is 12.5 Å². The molecule has 1 heterocycles. The number of hydrogen-bond acceptors (Lipinski definition) is 4. The molecule has 0 spiro atoms. The van der Waals surface area contributed by atoms with E-state index in [1.165, 1.54) is 6.92 Å². The maximum absolute atomic E-state index is 11.0. The second-order valence-electron chi connectivity index (χ2n) is 4.51. The number of aliphatic carboxylic acids is 1. The minimum Gasteiger partial charge on any atom is -0.480 e. The highest BCUT2D eigenvalue weighted by Crippen LogP contribution is 2.14. The number of nitrogens with one attached hydrogen (secondary N) is 1. The van der Waals surface area contributed by atoms with Crippen LogP contribution in [0.2, 0.25) is 0 Å². The van der Waals surface area contributed by atoms with E-state index >= 15 is 0 Å². The first kappa shape index (κ1) is 16.6. The predicted molar refractivity (Wildman–Crippen MR) is 78.5 cm³/mol. The molecule has 0 aliphatic heterocycles. The molecule has 2 N–H and O–H groups in total. The summed E-state index contributed by atoms with van der Waals surface area (Å²) in [6, 6.07) is -0.805. The number of carboxylic acids is 1. The van der Waals surface area contributed by atoms with Gasteiger partial charge in [-0.25, -0.2) is 9.78 Å². The van der Waals surface area contributed by atoms with Crippen molar-refractivity contribution in [2.45, 2.75) is 45.0 Å². The molecule has 1 unspecified atom stereocenters. The molecule has 112 valence electrons. The van der Waals surface area contributed by atoms with E-state index in [0.717, 1.165) is 24.4 Å². The summed E-state index contributed by atoms with van der Waals surface area (Å²) in [6.07, 6.45) is 5.13. The minimum absolute atomic E-state index is 0.316. The molecule has 0 aliphatic carbocycles. The molecule has 1 amide bonds. The summed E-state index contributed by atoms with van der Waals surface area (Å²) in [5.41, 5.74) is 1.14. The summed E-state index contributed by atoms with van der Waals surface area (Å²) >= 11 is 1.65. The van der Waals surface area contributed by atoms with Gasteiger partial charge in [-0.05, 0) is 18.6 Å². The summed E-state index contributed by atoms with van der Waals surface area (Å²) in [6.45, 7) is 4.38. The van der Waals surface area contributed by atoms with Gasteiger partial charge in [-0.1, -0.05) is 6.92 Å². The molecule has 0 fully saturated rings. The van der Waals surface area contributed by atoms with Gasteiger partial charge in [0, 0.05) is 31.1 Å². The van der Waals surface area contributed by atoms with Crippen LogP contribution in [0, 0.1) is 0 Å². The highest BCUT2D eigenvalue weighted by Gasteiger charge is 2.17. The molecular formula is C13H21N3O3S. The molecule has 0 saturated carbocycles. The van der Waals surface area contributed by atoms with E-state index in [2.05, 4.69) is 21.8 Å². The average molecular weight is 299 g/mol. The van der Waals surface area contributed by atoms with Crippen molar-refractivity contribution in [1.82, 2.24) is 14.9 Å². The Kier molecular flexibility index (Phi) is 7.14. The van der Waals surface area contributed by atoms with E-state index in [4.69, 9.17) is 5.11 Å². The Hall–Kier alpha value is -1.50. The number of aryl methyl sites for hydroxylation is 1. The summed E-state index contributed by atoms with van der Waals surface area (Å²) in [4.78, 5) is 26.0. The van der Waals surface area contributed by atoms with E-state index < -0.39 is 12.0 Å². The number of amides is 1. The van der Waals surface area contributed by atoms with Gasteiger partial charge in [0.15, 0.2) is 0 Å². The van der Waals surface area contributed by atoms with Crippen LogP contribution in [-0.2, 0) is 21.9 Å². The summed E-state index contributed by atoms with van der Waals surface area (Å²) in [5, 5.41) is 11.4. The molecule has 0 aromatic carbocycles. The quantitative estimate of drug-likeness (QED) is 0.675. The fourth-order valence-corrected chi connectivity index (χ4v) is 2.79. The van der Waals surface area contributed by atoms with E-state index in [9.17, 15) is 9.59 Å². The Morgan fingerprint density at radius 3 is 2.90 bits per heavy atom. The molecule has 1 rings (SSSR count). The van der Waals surface area contributed by atoms with Crippen molar-refractivity contribution in [3.63, 3.8) is 0 Å². The van der Waals surface area contributed by atoms with Crippen molar-refractivity contribution >= 4 is 23.6 Å². The van der Waals surface area contributed by atoms with Crippen molar-refractivity contribution in [3.05, 3.63) is 18.2 Å². The maximum Gasteiger partial charge on any atom is 0.326 e. The van der Waals surface area contributed by atoms with Crippen LogP contribution >= 0.6 is 11.8 Å². The Bertz CT molecular complexity index is 448. The Morgan fingerprint density at radius 2 is 2.30 bits per heavy atom. The van der Waals surface area contributed by atoms with Crippen molar-refractivity contribution in [2.75, 3.05) is 5.75 Å². The number of hydrogen-bond donors (Lipinski definition) is 2. The number of carbonyl (C=O) groups excluding carboxylic acids is 1. The van der Waals surface area contributed by atoms with Crippen molar-refractivity contribution in [2.24, 2.45) is 0 Å². The Morgan fingerprint density at radius 1 is 1.55 bits per heavy atom. The lowest BCUT2D eigenvalue weighted by molar-refractivity contribution is -0.141. The first-order chi connectivity index (χ1) is 9.54. The smallest absolute Gasteiger partial charge is 0.326 e. The third-order valence-corrected chi connectivity index (χ3v) is 3.76. The second kappa shape index (κ2) is 8.63. The maximum atomic E-state index is 11.0. The molecule has 20 heavy (non-hydrogen) atoms. The third-order valence-electron chi connectivity index (χ3n) is 2.74. The number of aromatic nitrogens is 2. The van der Waals surface area contributed by atoms with Crippen LogP contribution in [0.1, 0.15) is 32.4 Å². The van der Waals surface area contributed by atoms with E-state index in [-0.39, 0.29) is 5.91 Å². The van der Waals surface area contributed by atoms with Crippen LogP contribution in [0.25, 0.3) is 0 Å². The van der Waals surface area contributed by atoms with Gasteiger partial charge in [0.25, 0.3) is 0 Å². The van der Waals surface area contributed by atoms with E-state index in [1.807, 2.05) is 12.5 Å². The summed E-state index contributed by atoms with van der Waals surface area (Å²) in [7, 11) is 0. The molecule has 1 aromatic rings.